The molecule has 1 aromatic carbocycles. The number of likely N-dealkylation sites (tertiary alicyclic amines) is 1. The van der Waals surface area contributed by atoms with E-state index in [2.05, 4.69) is 5.32 Å². The quantitative estimate of drug-likeness (QED) is 0.833. The van der Waals surface area contributed by atoms with Gasteiger partial charge in [-0.3, -0.25) is 9.59 Å². The van der Waals surface area contributed by atoms with Crippen LogP contribution >= 0.6 is 0 Å². The van der Waals surface area contributed by atoms with E-state index in [-0.39, 0.29) is 23.9 Å². The summed E-state index contributed by atoms with van der Waals surface area (Å²) >= 11 is 0. The Balaban J connectivity index is 1.68. The smallest absolute Gasteiger partial charge is 0.227 e. The predicted octanol–water partition coefficient (Wildman–Crippen LogP) is 0.718. The van der Waals surface area contributed by atoms with Gasteiger partial charge < -0.3 is 10.2 Å². The van der Waals surface area contributed by atoms with Gasteiger partial charge in [0.25, 0.3) is 0 Å². The lowest BCUT2D eigenvalue weighted by atomic mass is 10.1. The number of carbonyl (C=O) groups excluding carboxylic acids is 2. The van der Waals surface area contributed by atoms with E-state index in [1.807, 2.05) is 35.2 Å². The first-order valence-electron chi connectivity index (χ1n) is 6.37. The number of nitrogens with one attached hydrogen (secondary N) is 1. The lowest BCUT2D eigenvalue weighted by Gasteiger charge is -2.22. The van der Waals surface area contributed by atoms with Crippen molar-refractivity contribution in [2.24, 2.45) is 0 Å². The normalized spacial score (nSPS) is 26.0. The van der Waals surface area contributed by atoms with Crippen LogP contribution in [0.3, 0.4) is 0 Å². The van der Waals surface area contributed by atoms with Crippen LogP contribution in [0.1, 0.15) is 18.4 Å². The van der Waals surface area contributed by atoms with Crippen molar-refractivity contribution in [2.75, 3.05) is 6.54 Å². The molecule has 4 heteroatoms. The second-order valence-electron chi connectivity index (χ2n) is 4.98. The third-order valence-corrected chi connectivity index (χ3v) is 3.81. The SMILES string of the molecule is O=C1C[C@H]2[C@@H](CCN2C(=O)Cc2ccccc2)N1. The molecule has 0 spiro atoms. The Labute approximate surface area is 106 Å². The lowest BCUT2D eigenvalue weighted by molar-refractivity contribution is -0.131. The summed E-state index contributed by atoms with van der Waals surface area (Å²) in [5.74, 6) is 0.201. The molecule has 2 saturated heterocycles. The van der Waals surface area contributed by atoms with Gasteiger partial charge in [0.15, 0.2) is 0 Å². The Morgan fingerprint density at radius 2 is 2.11 bits per heavy atom. The largest absolute Gasteiger partial charge is 0.351 e. The number of nitrogens with zero attached hydrogens (tertiary/aromatic N) is 1. The Morgan fingerprint density at radius 3 is 2.89 bits per heavy atom. The molecule has 0 unspecified atom stereocenters. The highest BCUT2D eigenvalue weighted by atomic mass is 16.2. The number of fused-ring (bicyclic) bond motifs is 1. The fourth-order valence-electron chi connectivity index (χ4n) is 2.91. The topological polar surface area (TPSA) is 49.4 Å². The second kappa shape index (κ2) is 4.44. The summed E-state index contributed by atoms with van der Waals surface area (Å²) in [4.78, 5) is 25.5. The first-order valence-corrected chi connectivity index (χ1v) is 6.37. The lowest BCUT2D eigenvalue weighted by Crippen LogP contribution is -2.39. The minimum atomic E-state index is 0.0715. The molecule has 0 bridgehead atoms. The van der Waals surface area contributed by atoms with Crippen LogP contribution < -0.4 is 5.32 Å². The van der Waals surface area contributed by atoms with Gasteiger partial charge in [0.05, 0.1) is 18.5 Å². The summed E-state index contributed by atoms with van der Waals surface area (Å²) < 4.78 is 0. The van der Waals surface area contributed by atoms with Gasteiger partial charge in [-0.2, -0.15) is 0 Å². The monoisotopic (exact) mass is 244 g/mol. The van der Waals surface area contributed by atoms with Gasteiger partial charge in [-0.05, 0) is 12.0 Å². The minimum absolute atomic E-state index is 0.0715. The van der Waals surface area contributed by atoms with Crippen LogP contribution in [-0.4, -0.2) is 35.3 Å². The average molecular weight is 244 g/mol. The van der Waals surface area contributed by atoms with Gasteiger partial charge in [-0.1, -0.05) is 30.3 Å². The summed E-state index contributed by atoms with van der Waals surface area (Å²) in [6, 6.07) is 10.0. The number of hydrogen-bond acceptors (Lipinski definition) is 2. The number of amides is 2. The summed E-state index contributed by atoms with van der Waals surface area (Å²) in [5, 5.41) is 2.93. The van der Waals surface area contributed by atoms with Crippen LogP contribution in [0.25, 0.3) is 0 Å². The van der Waals surface area contributed by atoms with Gasteiger partial charge >= 0.3 is 0 Å². The summed E-state index contributed by atoms with van der Waals surface area (Å²) in [5.41, 5.74) is 1.03. The highest BCUT2D eigenvalue weighted by Crippen LogP contribution is 2.26. The second-order valence-corrected chi connectivity index (χ2v) is 4.98. The van der Waals surface area contributed by atoms with Crippen molar-refractivity contribution in [3.05, 3.63) is 35.9 Å². The van der Waals surface area contributed by atoms with E-state index in [0.717, 1.165) is 18.5 Å². The molecule has 2 fully saturated rings. The maximum absolute atomic E-state index is 12.3. The molecule has 2 aliphatic rings. The molecule has 2 heterocycles. The van der Waals surface area contributed by atoms with Crippen molar-refractivity contribution in [3.8, 4) is 0 Å². The minimum Gasteiger partial charge on any atom is -0.351 e. The Morgan fingerprint density at radius 1 is 1.33 bits per heavy atom. The van der Waals surface area contributed by atoms with E-state index in [4.69, 9.17) is 0 Å². The maximum atomic E-state index is 12.3. The third-order valence-electron chi connectivity index (χ3n) is 3.81. The fraction of sp³-hybridized carbons (Fsp3) is 0.429. The van der Waals surface area contributed by atoms with Crippen LogP contribution in [0.5, 0.6) is 0 Å². The number of benzene rings is 1. The van der Waals surface area contributed by atoms with E-state index in [0.29, 0.717) is 12.8 Å². The van der Waals surface area contributed by atoms with E-state index < -0.39 is 0 Å². The predicted molar refractivity (Wildman–Crippen MR) is 66.8 cm³/mol. The highest BCUT2D eigenvalue weighted by molar-refractivity contribution is 5.84. The van der Waals surface area contributed by atoms with Crippen LogP contribution in [0.4, 0.5) is 0 Å². The number of carbonyl (C=O) groups is 2. The van der Waals surface area contributed by atoms with Crippen molar-refractivity contribution in [1.29, 1.82) is 0 Å². The van der Waals surface area contributed by atoms with Crippen LogP contribution in [0, 0.1) is 0 Å². The number of hydrogen-bond donors (Lipinski definition) is 1. The van der Waals surface area contributed by atoms with E-state index in [9.17, 15) is 9.59 Å². The standard InChI is InChI=1S/C14H16N2O2/c17-13-9-12-11(15-13)6-7-16(12)14(18)8-10-4-2-1-3-5-10/h1-5,11-12H,6-9H2,(H,15,17)/t11-,12+/m1/s1. The van der Waals surface area contributed by atoms with Crippen molar-refractivity contribution < 1.29 is 9.59 Å². The zero-order valence-electron chi connectivity index (χ0n) is 10.1. The zero-order valence-corrected chi connectivity index (χ0v) is 10.1. The molecule has 18 heavy (non-hydrogen) atoms. The Hall–Kier alpha value is -1.84. The third kappa shape index (κ3) is 1.98. The zero-order chi connectivity index (χ0) is 12.5. The molecule has 1 N–H and O–H groups in total. The Bertz CT molecular complexity index is 472. The first-order chi connectivity index (χ1) is 8.74. The van der Waals surface area contributed by atoms with E-state index in [1.54, 1.807) is 0 Å². The molecule has 2 atom stereocenters. The summed E-state index contributed by atoms with van der Waals surface area (Å²) in [7, 11) is 0. The van der Waals surface area contributed by atoms with Gasteiger partial charge in [0.1, 0.15) is 0 Å². The Kier molecular flexibility index (Phi) is 2.78. The molecule has 94 valence electrons. The van der Waals surface area contributed by atoms with E-state index in [1.165, 1.54) is 0 Å². The first kappa shape index (κ1) is 11.3. The molecule has 3 rings (SSSR count). The average Bonchev–Trinajstić information content (AvgIpc) is 2.88. The van der Waals surface area contributed by atoms with Crippen molar-refractivity contribution in [3.63, 3.8) is 0 Å². The number of rotatable bonds is 2. The van der Waals surface area contributed by atoms with Gasteiger partial charge in [0.2, 0.25) is 11.8 Å². The van der Waals surface area contributed by atoms with Crippen LogP contribution in [0.15, 0.2) is 30.3 Å². The molecule has 1 aromatic rings. The van der Waals surface area contributed by atoms with Crippen LogP contribution in [-0.2, 0) is 16.0 Å². The van der Waals surface area contributed by atoms with Crippen molar-refractivity contribution >= 4 is 11.8 Å². The van der Waals surface area contributed by atoms with Gasteiger partial charge in [-0.15, -0.1) is 0 Å². The van der Waals surface area contributed by atoms with Crippen molar-refractivity contribution in [1.82, 2.24) is 10.2 Å². The molecule has 2 aliphatic heterocycles. The summed E-state index contributed by atoms with van der Waals surface area (Å²) in [6.45, 7) is 0.765. The summed E-state index contributed by atoms with van der Waals surface area (Å²) in [6.07, 6.45) is 1.78. The molecule has 2 amide bonds. The van der Waals surface area contributed by atoms with Gasteiger partial charge in [0, 0.05) is 13.0 Å². The fourth-order valence-corrected chi connectivity index (χ4v) is 2.91. The van der Waals surface area contributed by atoms with Crippen molar-refractivity contribution in [2.45, 2.75) is 31.3 Å². The maximum Gasteiger partial charge on any atom is 0.227 e. The molecule has 0 aromatic heterocycles. The van der Waals surface area contributed by atoms with Gasteiger partial charge in [-0.25, -0.2) is 0 Å². The molecular weight excluding hydrogens is 228 g/mol. The molecule has 4 nitrogen and oxygen atoms in total. The van der Waals surface area contributed by atoms with Crippen LogP contribution in [0.2, 0.25) is 0 Å². The molecule has 0 saturated carbocycles. The highest BCUT2D eigenvalue weighted by Gasteiger charge is 2.43. The van der Waals surface area contributed by atoms with E-state index >= 15 is 0 Å². The molecule has 0 radical (unpaired) electrons. The molecule has 0 aliphatic carbocycles. The molecular formula is C14H16N2O2.